The molecule has 0 aliphatic rings. The number of aryl methyl sites for hydroxylation is 1. The van der Waals surface area contributed by atoms with Crippen LogP contribution < -0.4 is 4.90 Å². The normalized spacial score (nSPS) is 12.4. The van der Waals surface area contributed by atoms with Gasteiger partial charge in [0, 0.05) is 25.5 Å². The molecule has 1 unspecified atom stereocenters. The van der Waals surface area contributed by atoms with Gasteiger partial charge in [0.1, 0.15) is 0 Å². The van der Waals surface area contributed by atoms with Crippen LogP contribution in [0.2, 0.25) is 0 Å². The van der Waals surface area contributed by atoms with Crippen molar-refractivity contribution in [2.24, 2.45) is 0 Å². The van der Waals surface area contributed by atoms with Crippen LogP contribution >= 0.6 is 11.3 Å². The summed E-state index contributed by atoms with van der Waals surface area (Å²) in [5, 5.41) is 10.7. The van der Waals surface area contributed by atoms with E-state index in [9.17, 15) is 5.11 Å². The predicted molar refractivity (Wildman–Crippen MR) is 78.4 cm³/mol. The molecule has 2 rings (SSSR count). The minimum Gasteiger partial charge on any atom is -0.388 e. The molecule has 1 atom stereocenters. The minimum absolute atomic E-state index is 0.453. The van der Waals surface area contributed by atoms with E-state index in [2.05, 4.69) is 21.8 Å². The zero-order chi connectivity index (χ0) is 13.8. The van der Waals surface area contributed by atoms with Crippen LogP contribution in [-0.4, -0.2) is 21.6 Å². The molecule has 0 bridgehead atoms. The van der Waals surface area contributed by atoms with Crippen LogP contribution in [0.3, 0.4) is 0 Å². The van der Waals surface area contributed by atoms with Crippen molar-refractivity contribution in [1.29, 1.82) is 0 Å². The molecule has 0 aliphatic heterocycles. The number of aliphatic hydroxyl groups is 1. The van der Waals surface area contributed by atoms with E-state index < -0.39 is 6.10 Å². The van der Waals surface area contributed by atoms with Crippen LogP contribution in [0, 0.1) is 6.92 Å². The third kappa shape index (κ3) is 3.30. The van der Waals surface area contributed by atoms with Gasteiger partial charge < -0.3 is 10.0 Å². The van der Waals surface area contributed by atoms with Crippen molar-refractivity contribution in [3.63, 3.8) is 0 Å². The van der Waals surface area contributed by atoms with Crippen LogP contribution in [0.1, 0.15) is 36.1 Å². The monoisotopic (exact) mass is 277 g/mol. The van der Waals surface area contributed by atoms with E-state index in [0.717, 1.165) is 28.8 Å². The summed E-state index contributed by atoms with van der Waals surface area (Å²) in [6.45, 7) is 7.53. The summed E-state index contributed by atoms with van der Waals surface area (Å²) in [6, 6.07) is 4.03. The summed E-state index contributed by atoms with van der Waals surface area (Å²) in [5.41, 5.74) is 2.13. The fourth-order valence-corrected chi connectivity index (χ4v) is 3.01. The highest BCUT2D eigenvalue weighted by atomic mass is 32.1. The summed E-state index contributed by atoms with van der Waals surface area (Å²) in [7, 11) is 0. The van der Waals surface area contributed by atoms with Crippen molar-refractivity contribution >= 4 is 16.5 Å². The standard InChI is InChI=1S/C14H19N3OS/c1-4-17(9-12-5-7-15-8-6-12)14-16-10(2)13(19-14)11(3)18/h5-8,11,18H,4,9H2,1-3H3. The van der Waals surface area contributed by atoms with Crippen LogP contribution in [0.5, 0.6) is 0 Å². The average Bonchev–Trinajstić information content (AvgIpc) is 2.79. The highest BCUT2D eigenvalue weighted by molar-refractivity contribution is 7.15. The van der Waals surface area contributed by atoms with E-state index in [-0.39, 0.29) is 0 Å². The van der Waals surface area contributed by atoms with Gasteiger partial charge in [0.15, 0.2) is 5.13 Å². The van der Waals surface area contributed by atoms with Gasteiger partial charge in [0.2, 0.25) is 0 Å². The zero-order valence-corrected chi connectivity index (χ0v) is 12.3. The molecule has 0 radical (unpaired) electrons. The Balaban J connectivity index is 2.20. The first-order valence-electron chi connectivity index (χ1n) is 6.41. The lowest BCUT2D eigenvalue weighted by Crippen LogP contribution is -2.21. The summed E-state index contributed by atoms with van der Waals surface area (Å²) in [6.07, 6.45) is 3.15. The molecule has 102 valence electrons. The number of rotatable bonds is 5. The summed E-state index contributed by atoms with van der Waals surface area (Å²) in [5.74, 6) is 0. The van der Waals surface area contributed by atoms with E-state index >= 15 is 0 Å². The largest absolute Gasteiger partial charge is 0.388 e. The van der Waals surface area contributed by atoms with E-state index in [4.69, 9.17) is 0 Å². The molecule has 2 heterocycles. The Morgan fingerprint density at radius 3 is 2.58 bits per heavy atom. The van der Waals surface area contributed by atoms with Gasteiger partial charge in [-0.25, -0.2) is 4.98 Å². The molecule has 2 aromatic heterocycles. The number of pyridine rings is 1. The lowest BCUT2D eigenvalue weighted by Gasteiger charge is -2.19. The zero-order valence-electron chi connectivity index (χ0n) is 11.5. The molecule has 2 aromatic rings. The molecule has 1 N–H and O–H groups in total. The number of nitrogens with zero attached hydrogens (tertiary/aromatic N) is 3. The van der Waals surface area contributed by atoms with Crippen molar-refractivity contribution in [2.45, 2.75) is 33.4 Å². The third-order valence-electron chi connectivity index (χ3n) is 2.98. The Morgan fingerprint density at radius 1 is 1.37 bits per heavy atom. The number of aliphatic hydroxyl groups excluding tert-OH is 1. The molecular weight excluding hydrogens is 258 g/mol. The van der Waals surface area contributed by atoms with Gasteiger partial charge >= 0.3 is 0 Å². The molecule has 0 fully saturated rings. The van der Waals surface area contributed by atoms with Crippen molar-refractivity contribution in [1.82, 2.24) is 9.97 Å². The summed E-state index contributed by atoms with van der Waals surface area (Å²) < 4.78 is 0. The fraction of sp³-hybridized carbons (Fsp3) is 0.429. The summed E-state index contributed by atoms with van der Waals surface area (Å²) in [4.78, 5) is 11.8. The van der Waals surface area contributed by atoms with Crippen molar-refractivity contribution < 1.29 is 5.11 Å². The first kappa shape index (κ1) is 14.0. The first-order chi connectivity index (χ1) is 9.11. The van der Waals surface area contributed by atoms with E-state index in [1.165, 1.54) is 5.56 Å². The molecular formula is C14H19N3OS. The lowest BCUT2D eigenvalue weighted by molar-refractivity contribution is 0.202. The molecule has 0 aromatic carbocycles. The maximum absolute atomic E-state index is 9.71. The van der Waals surface area contributed by atoms with Crippen LogP contribution in [0.25, 0.3) is 0 Å². The summed E-state index contributed by atoms with van der Waals surface area (Å²) >= 11 is 1.57. The molecule has 0 spiro atoms. The molecule has 0 amide bonds. The molecule has 0 saturated heterocycles. The van der Waals surface area contributed by atoms with E-state index in [0.29, 0.717) is 0 Å². The number of anilines is 1. The Hall–Kier alpha value is -1.46. The Labute approximate surface area is 117 Å². The molecule has 4 nitrogen and oxygen atoms in total. The Kier molecular flexibility index (Phi) is 4.50. The van der Waals surface area contributed by atoms with Gasteiger partial charge in [0.25, 0.3) is 0 Å². The second-order valence-electron chi connectivity index (χ2n) is 4.49. The smallest absolute Gasteiger partial charge is 0.186 e. The van der Waals surface area contributed by atoms with E-state index in [1.54, 1.807) is 30.7 Å². The highest BCUT2D eigenvalue weighted by Crippen LogP contribution is 2.31. The van der Waals surface area contributed by atoms with Gasteiger partial charge in [0.05, 0.1) is 16.7 Å². The Morgan fingerprint density at radius 2 is 2.05 bits per heavy atom. The van der Waals surface area contributed by atoms with Crippen molar-refractivity contribution in [3.05, 3.63) is 40.7 Å². The Bertz CT molecular complexity index is 525. The SMILES string of the molecule is CCN(Cc1ccncc1)c1nc(C)c(C(C)O)s1. The second kappa shape index (κ2) is 6.12. The first-order valence-corrected chi connectivity index (χ1v) is 7.22. The molecule has 0 saturated carbocycles. The van der Waals surface area contributed by atoms with Gasteiger partial charge in [-0.2, -0.15) is 0 Å². The molecule has 5 heteroatoms. The highest BCUT2D eigenvalue weighted by Gasteiger charge is 2.16. The van der Waals surface area contributed by atoms with Crippen molar-refractivity contribution in [3.8, 4) is 0 Å². The van der Waals surface area contributed by atoms with Gasteiger partial charge in [-0.05, 0) is 38.5 Å². The predicted octanol–water partition coefficient (Wildman–Crippen LogP) is 2.93. The molecule has 0 aliphatic carbocycles. The van der Waals surface area contributed by atoms with Crippen LogP contribution in [0.4, 0.5) is 5.13 Å². The quantitative estimate of drug-likeness (QED) is 0.913. The van der Waals surface area contributed by atoms with E-state index in [1.807, 2.05) is 19.1 Å². The van der Waals surface area contributed by atoms with Crippen molar-refractivity contribution in [2.75, 3.05) is 11.4 Å². The second-order valence-corrected chi connectivity index (χ2v) is 5.50. The minimum atomic E-state index is -0.453. The number of hydrogen-bond acceptors (Lipinski definition) is 5. The van der Waals surface area contributed by atoms with Crippen LogP contribution in [0.15, 0.2) is 24.5 Å². The number of thiazole rings is 1. The number of aromatic nitrogens is 2. The van der Waals surface area contributed by atoms with Gasteiger partial charge in [-0.3, -0.25) is 4.98 Å². The topological polar surface area (TPSA) is 49.2 Å². The number of hydrogen-bond donors (Lipinski definition) is 1. The third-order valence-corrected chi connectivity index (χ3v) is 4.36. The maximum Gasteiger partial charge on any atom is 0.186 e. The maximum atomic E-state index is 9.71. The fourth-order valence-electron chi connectivity index (χ4n) is 1.94. The van der Waals surface area contributed by atoms with Crippen LogP contribution in [-0.2, 0) is 6.54 Å². The average molecular weight is 277 g/mol. The lowest BCUT2D eigenvalue weighted by atomic mass is 10.2. The van der Waals surface area contributed by atoms with Gasteiger partial charge in [-0.1, -0.05) is 11.3 Å². The molecule has 19 heavy (non-hydrogen) atoms. The van der Waals surface area contributed by atoms with Gasteiger partial charge in [-0.15, -0.1) is 0 Å².